The molecular formula is C29H21BN3Pt-. The Balaban J connectivity index is 0.00000241. The molecule has 0 spiro atoms. The number of hydrogen-bond donors (Lipinski definition) is 0. The Hall–Kier alpha value is -3.62. The van der Waals surface area contributed by atoms with Crippen molar-refractivity contribution in [3.63, 3.8) is 0 Å². The summed E-state index contributed by atoms with van der Waals surface area (Å²) >= 11 is 0. The van der Waals surface area contributed by atoms with Crippen LogP contribution in [0.3, 0.4) is 0 Å². The minimum Gasteiger partial charge on any atom is -0.361 e. The first-order valence-electron chi connectivity index (χ1n) is 11.1. The SMILES string of the molecule is [Pt].[c-]1ccc(B2N(c3ccccc3)c3ccccc3N2c2ccccc2)cc1-c1ccccn1. The van der Waals surface area contributed by atoms with Gasteiger partial charge in [0.05, 0.1) is 11.4 Å². The van der Waals surface area contributed by atoms with E-state index in [4.69, 9.17) is 0 Å². The Labute approximate surface area is 215 Å². The molecule has 0 unspecified atom stereocenters. The monoisotopic (exact) mass is 617 g/mol. The van der Waals surface area contributed by atoms with Crippen LogP contribution >= 0.6 is 0 Å². The minimum absolute atomic E-state index is 0. The van der Waals surface area contributed by atoms with E-state index < -0.39 is 0 Å². The van der Waals surface area contributed by atoms with Gasteiger partial charge in [0, 0.05) is 38.6 Å². The summed E-state index contributed by atoms with van der Waals surface area (Å²) in [5.74, 6) is 0. The summed E-state index contributed by atoms with van der Waals surface area (Å²) in [6.07, 6.45) is 1.83. The second-order valence-electron chi connectivity index (χ2n) is 8.02. The number of pyridine rings is 1. The summed E-state index contributed by atoms with van der Waals surface area (Å²) < 4.78 is 0. The van der Waals surface area contributed by atoms with Gasteiger partial charge in [-0.15, -0.1) is 35.3 Å². The molecule has 0 saturated heterocycles. The van der Waals surface area contributed by atoms with Crippen LogP contribution in [-0.2, 0) is 21.1 Å². The quantitative estimate of drug-likeness (QED) is 0.176. The van der Waals surface area contributed by atoms with Crippen molar-refractivity contribution >= 4 is 35.2 Å². The van der Waals surface area contributed by atoms with E-state index in [0.717, 1.165) is 22.6 Å². The second-order valence-corrected chi connectivity index (χ2v) is 8.02. The van der Waals surface area contributed by atoms with Crippen LogP contribution in [0.25, 0.3) is 11.3 Å². The van der Waals surface area contributed by atoms with Crippen molar-refractivity contribution in [1.29, 1.82) is 0 Å². The van der Waals surface area contributed by atoms with Crippen LogP contribution in [-0.4, -0.2) is 12.0 Å². The molecule has 0 radical (unpaired) electrons. The summed E-state index contributed by atoms with van der Waals surface area (Å²) in [6, 6.07) is 45.6. The largest absolute Gasteiger partial charge is 0.401 e. The Morgan fingerprint density at radius 3 is 1.74 bits per heavy atom. The molecule has 0 saturated carbocycles. The molecule has 0 amide bonds. The van der Waals surface area contributed by atoms with E-state index in [1.165, 1.54) is 16.8 Å². The van der Waals surface area contributed by atoms with Crippen molar-refractivity contribution in [3.05, 3.63) is 134 Å². The molecule has 166 valence electrons. The molecule has 5 aromatic rings. The smallest absolute Gasteiger partial charge is 0.361 e. The molecule has 0 fully saturated rings. The van der Waals surface area contributed by atoms with Crippen LogP contribution in [0.1, 0.15) is 0 Å². The van der Waals surface area contributed by atoms with E-state index in [1.807, 2.05) is 30.5 Å². The number of hydrogen-bond acceptors (Lipinski definition) is 3. The number of aromatic nitrogens is 1. The fraction of sp³-hybridized carbons (Fsp3) is 0. The van der Waals surface area contributed by atoms with E-state index in [1.54, 1.807) is 0 Å². The van der Waals surface area contributed by atoms with E-state index in [0.29, 0.717) is 0 Å². The van der Waals surface area contributed by atoms with Crippen LogP contribution in [0.15, 0.2) is 128 Å². The second kappa shape index (κ2) is 9.71. The number of anilines is 4. The van der Waals surface area contributed by atoms with Gasteiger partial charge in [-0.25, -0.2) is 0 Å². The van der Waals surface area contributed by atoms with E-state index in [9.17, 15) is 0 Å². The summed E-state index contributed by atoms with van der Waals surface area (Å²) in [4.78, 5) is 9.39. The maximum Gasteiger partial charge on any atom is 0.401 e. The Bertz CT molecular complexity index is 1310. The number of fused-ring (bicyclic) bond motifs is 1. The average molecular weight is 617 g/mol. The van der Waals surface area contributed by atoms with Gasteiger partial charge in [-0.1, -0.05) is 60.7 Å². The van der Waals surface area contributed by atoms with Gasteiger partial charge >= 0.3 is 6.98 Å². The Kier molecular flexibility index (Phi) is 6.33. The Morgan fingerprint density at radius 1 is 0.618 bits per heavy atom. The van der Waals surface area contributed by atoms with Crippen molar-refractivity contribution in [2.45, 2.75) is 0 Å². The number of nitrogens with zero attached hydrogens (tertiary/aromatic N) is 3. The summed E-state index contributed by atoms with van der Waals surface area (Å²) in [5.41, 5.74) is 7.77. The standard InChI is InChI=1S/C29H21BN3.Pt/c1-3-14-25(15-4-1)32-28-19-7-8-20-29(28)33(26-16-5-2-6-17-26)30(32)24-13-11-12-23(22-24)27-18-9-10-21-31-27;/h1-11,13-22H;/q-1;. The zero-order chi connectivity index (χ0) is 22.0. The van der Waals surface area contributed by atoms with Crippen molar-refractivity contribution in [3.8, 4) is 11.3 Å². The van der Waals surface area contributed by atoms with Crippen LogP contribution in [0, 0.1) is 6.07 Å². The fourth-order valence-corrected chi connectivity index (χ4v) is 4.60. The van der Waals surface area contributed by atoms with Crippen molar-refractivity contribution in [1.82, 2.24) is 4.98 Å². The van der Waals surface area contributed by atoms with Gasteiger partial charge in [0.2, 0.25) is 0 Å². The topological polar surface area (TPSA) is 19.4 Å². The summed E-state index contributed by atoms with van der Waals surface area (Å²) in [6.45, 7) is -0.0516. The molecule has 3 nitrogen and oxygen atoms in total. The molecule has 6 rings (SSSR count). The van der Waals surface area contributed by atoms with E-state index >= 15 is 0 Å². The van der Waals surface area contributed by atoms with Gasteiger partial charge in [-0.05, 0) is 48.2 Å². The zero-order valence-electron chi connectivity index (χ0n) is 18.4. The molecule has 1 aromatic heterocycles. The average Bonchev–Trinajstić information content (AvgIpc) is 3.26. The third-order valence-electron chi connectivity index (χ3n) is 6.02. The molecule has 34 heavy (non-hydrogen) atoms. The van der Waals surface area contributed by atoms with E-state index in [2.05, 4.69) is 118 Å². The van der Waals surface area contributed by atoms with Gasteiger partial charge < -0.3 is 14.6 Å². The summed E-state index contributed by atoms with van der Waals surface area (Å²) in [5, 5.41) is 0. The maximum atomic E-state index is 4.55. The Morgan fingerprint density at radius 2 is 1.18 bits per heavy atom. The molecule has 4 aromatic carbocycles. The first-order valence-corrected chi connectivity index (χ1v) is 11.1. The van der Waals surface area contributed by atoms with Crippen molar-refractivity contribution < 1.29 is 21.1 Å². The van der Waals surface area contributed by atoms with Gasteiger partial charge in [-0.2, -0.15) is 0 Å². The first kappa shape index (κ1) is 22.2. The van der Waals surface area contributed by atoms with Crippen LogP contribution in [0.4, 0.5) is 22.7 Å². The van der Waals surface area contributed by atoms with Crippen LogP contribution < -0.4 is 15.1 Å². The van der Waals surface area contributed by atoms with Gasteiger partial charge in [0.15, 0.2) is 0 Å². The number of rotatable bonds is 4. The molecule has 0 bridgehead atoms. The number of para-hydroxylation sites is 4. The van der Waals surface area contributed by atoms with Gasteiger partial charge in [-0.3, -0.25) is 0 Å². The predicted octanol–water partition coefficient (Wildman–Crippen LogP) is 6.23. The molecule has 5 heteroatoms. The molecular weight excluding hydrogens is 596 g/mol. The van der Waals surface area contributed by atoms with Gasteiger partial charge in [0.25, 0.3) is 0 Å². The third-order valence-corrected chi connectivity index (χ3v) is 6.02. The molecule has 0 N–H and O–H groups in total. The van der Waals surface area contributed by atoms with Crippen LogP contribution in [0.5, 0.6) is 0 Å². The van der Waals surface area contributed by atoms with Crippen LogP contribution in [0.2, 0.25) is 0 Å². The molecule has 0 atom stereocenters. The summed E-state index contributed by atoms with van der Waals surface area (Å²) in [7, 11) is 0. The first-order chi connectivity index (χ1) is 16.4. The molecule has 0 aliphatic carbocycles. The zero-order valence-corrected chi connectivity index (χ0v) is 20.6. The number of benzene rings is 4. The van der Waals surface area contributed by atoms with Gasteiger partial charge in [0.1, 0.15) is 0 Å². The third kappa shape index (κ3) is 3.95. The molecule has 1 aliphatic rings. The van der Waals surface area contributed by atoms with Crippen molar-refractivity contribution in [2.24, 2.45) is 0 Å². The normalized spacial score (nSPS) is 12.3. The van der Waals surface area contributed by atoms with Crippen molar-refractivity contribution in [2.75, 3.05) is 9.62 Å². The maximum absolute atomic E-state index is 4.55. The van der Waals surface area contributed by atoms with E-state index in [-0.39, 0.29) is 28.0 Å². The fourth-order valence-electron chi connectivity index (χ4n) is 4.60. The molecule has 1 aliphatic heterocycles. The minimum atomic E-state index is -0.0516. The predicted molar refractivity (Wildman–Crippen MR) is 138 cm³/mol. The molecule has 2 heterocycles.